The van der Waals surface area contributed by atoms with E-state index < -0.39 is 5.97 Å². The molecule has 0 atom stereocenters. The van der Waals surface area contributed by atoms with Crippen LogP contribution in [0.1, 0.15) is 10.4 Å². The Hall–Kier alpha value is -0.870. The summed E-state index contributed by atoms with van der Waals surface area (Å²) in [7, 11) is 0. The van der Waals surface area contributed by atoms with Crippen molar-refractivity contribution in [1.29, 1.82) is 0 Å². The van der Waals surface area contributed by atoms with Gasteiger partial charge in [0.2, 0.25) is 0 Å². The van der Waals surface area contributed by atoms with Gasteiger partial charge in [-0.15, -0.1) is 0 Å². The summed E-state index contributed by atoms with van der Waals surface area (Å²) in [6.45, 7) is 0. The molecule has 11 heavy (non-hydrogen) atoms. The van der Waals surface area contributed by atoms with Crippen LogP contribution in [0.4, 0.5) is 0 Å². The normalized spacial score (nSPS) is 7.27. The number of hydrogen-bond donors (Lipinski definition) is 2. The molecule has 1 aromatic carbocycles. The second kappa shape index (κ2) is 5.88. The number of carboxylic acid groups (broad SMARTS) is 1. The van der Waals surface area contributed by atoms with Gasteiger partial charge in [0, 0.05) is 0 Å². The van der Waals surface area contributed by atoms with Crippen LogP contribution >= 0.6 is 0 Å². The fraction of sp³-hybridized carbons (Fsp3) is 0. The van der Waals surface area contributed by atoms with Gasteiger partial charge in [0.05, 0.1) is 5.56 Å². The van der Waals surface area contributed by atoms with Crippen LogP contribution in [0.25, 0.3) is 0 Å². The van der Waals surface area contributed by atoms with Crippen LogP contribution < -0.4 is 23.1 Å². The van der Waals surface area contributed by atoms with Crippen molar-refractivity contribution in [3.63, 3.8) is 0 Å². The smallest absolute Gasteiger partial charge is 0.335 e. The molecule has 0 aliphatic heterocycles. The van der Waals surface area contributed by atoms with Gasteiger partial charge in [-0.2, -0.15) is 0 Å². The number of carboxylic acids is 1. The van der Waals surface area contributed by atoms with Crippen LogP contribution in [0.3, 0.4) is 0 Å². The topological polar surface area (TPSA) is 73.8 Å². The maximum atomic E-state index is 10.2. The first-order valence-corrected chi connectivity index (χ1v) is 2.59. The zero-order valence-corrected chi connectivity index (χ0v) is 7.71. The second-order valence-corrected chi connectivity index (χ2v) is 1.67. The van der Waals surface area contributed by atoms with Gasteiger partial charge in [-0.05, 0) is 12.1 Å². The highest BCUT2D eigenvalue weighted by atomic mass is 79.9. The minimum absolute atomic E-state index is 0. The minimum Gasteiger partial charge on any atom is -1.00 e. The summed E-state index contributed by atoms with van der Waals surface area (Å²) in [5, 5.41) is 8.38. The zero-order valence-electron chi connectivity index (χ0n) is 6.12. The standard InChI is InChI=1S/C7H6O2.BrH.H3N/c8-7(9)6-4-2-1-3-5-6;;/h1-5H,(H,8,9);1H;1H3. The van der Waals surface area contributed by atoms with E-state index >= 15 is 0 Å². The van der Waals surface area contributed by atoms with Gasteiger partial charge in [0.15, 0.2) is 0 Å². The SMILES string of the molecule is O=C(O)c1ccccc1.[Br-].[NH4+]. The molecule has 0 aliphatic rings. The lowest BCUT2D eigenvalue weighted by Gasteiger charge is -1.88. The Balaban J connectivity index is 0. The summed E-state index contributed by atoms with van der Waals surface area (Å²) in [5.41, 5.74) is 0.331. The third kappa shape index (κ3) is 3.75. The van der Waals surface area contributed by atoms with Gasteiger partial charge in [-0.25, -0.2) is 4.79 Å². The predicted molar refractivity (Wildman–Crippen MR) is 39.4 cm³/mol. The molecule has 0 heterocycles. The number of carbonyl (C=O) groups is 1. The molecule has 0 unspecified atom stereocenters. The molecule has 0 saturated carbocycles. The van der Waals surface area contributed by atoms with Gasteiger partial charge in [-0.3, -0.25) is 0 Å². The Labute approximate surface area is 75.4 Å². The first-order valence-electron chi connectivity index (χ1n) is 2.59. The highest BCUT2D eigenvalue weighted by Crippen LogP contribution is 1.96. The van der Waals surface area contributed by atoms with Crippen molar-refractivity contribution in [3.05, 3.63) is 35.9 Å². The summed E-state index contributed by atoms with van der Waals surface area (Å²) in [4.78, 5) is 10.2. The number of rotatable bonds is 1. The van der Waals surface area contributed by atoms with Crippen molar-refractivity contribution in [2.24, 2.45) is 0 Å². The molecule has 0 spiro atoms. The first-order chi connectivity index (χ1) is 4.30. The van der Waals surface area contributed by atoms with Crippen molar-refractivity contribution < 1.29 is 26.9 Å². The van der Waals surface area contributed by atoms with E-state index in [2.05, 4.69) is 0 Å². The van der Waals surface area contributed by atoms with Gasteiger partial charge in [0.1, 0.15) is 0 Å². The number of benzene rings is 1. The van der Waals surface area contributed by atoms with Crippen molar-refractivity contribution in [1.82, 2.24) is 6.15 Å². The zero-order chi connectivity index (χ0) is 6.69. The molecule has 62 valence electrons. The van der Waals surface area contributed by atoms with E-state index in [-0.39, 0.29) is 23.1 Å². The summed E-state index contributed by atoms with van der Waals surface area (Å²) in [6.07, 6.45) is 0. The van der Waals surface area contributed by atoms with E-state index in [1.165, 1.54) is 0 Å². The molecule has 0 radical (unpaired) electrons. The maximum Gasteiger partial charge on any atom is 0.335 e. The lowest BCUT2D eigenvalue weighted by molar-refractivity contribution is -0.0000179. The van der Waals surface area contributed by atoms with Crippen LogP contribution in [-0.2, 0) is 0 Å². The van der Waals surface area contributed by atoms with Gasteiger partial charge >= 0.3 is 5.97 Å². The lowest BCUT2D eigenvalue weighted by atomic mass is 10.2. The fourth-order valence-electron chi connectivity index (χ4n) is 0.581. The first kappa shape index (κ1) is 12.8. The molecular formula is C7H10BrNO2. The monoisotopic (exact) mass is 219 g/mol. The maximum absolute atomic E-state index is 10.2. The van der Waals surface area contributed by atoms with Crippen LogP contribution in [0, 0.1) is 0 Å². The summed E-state index contributed by atoms with van der Waals surface area (Å²) < 4.78 is 0. The van der Waals surface area contributed by atoms with Gasteiger partial charge in [-0.1, -0.05) is 18.2 Å². The number of quaternary nitrogens is 1. The Bertz CT molecular complexity index is 213. The Morgan fingerprint density at radius 1 is 1.18 bits per heavy atom. The van der Waals surface area contributed by atoms with Crippen LogP contribution in [-0.4, -0.2) is 11.1 Å². The molecule has 3 nitrogen and oxygen atoms in total. The number of aromatic carboxylic acids is 1. The number of halogens is 1. The molecule has 1 rings (SSSR count). The molecule has 0 bridgehead atoms. The van der Waals surface area contributed by atoms with Crippen LogP contribution in [0.2, 0.25) is 0 Å². The highest BCUT2D eigenvalue weighted by Gasteiger charge is 1.96. The average Bonchev–Trinajstić information content (AvgIpc) is 1.90. The lowest BCUT2D eigenvalue weighted by Crippen LogP contribution is -3.00. The molecule has 1 aromatic rings. The molecule has 0 aromatic heterocycles. The fourth-order valence-corrected chi connectivity index (χ4v) is 0.581. The van der Waals surface area contributed by atoms with Crippen LogP contribution in [0.15, 0.2) is 30.3 Å². The molecule has 4 heteroatoms. The van der Waals surface area contributed by atoms with Crippen molar-refractivity contribution >= 4 is 5.97 Å². The molecule has 0 fully saturated rings. The quantitative estimate of drug-likeness (QED) is 0.621. The van der Waals surface area contributed by atoms with E-state index in [9.17, 15) is 4.79 Å². The summed E-state index contributed by atoms with van der Waals surface area (Å²) in [6, 6.07) is 8.30. The Morgan fingerprint density at radius 3 is 1.91 bits per heavy atom. The third-order valence-electron chi connectivity index (χ3n) is 1.02. The van der Waals surface area contributed by atoms with E-state index in [1.54, 1.807) is 30.3 Å². The summed E-state index contributed by atoms with van der Waals surface area (Å²) in [5.74, 6) is -0.879. The summed E-state index contributed by atoms with van der Waals surface area (Å²) >= 11 is 0. The third-order valence-corrected chi connectivity index (χ3v) is 1.02. The molecule has 0 saturated heterocycles. The average molecular weight is 220 g/mol. The molecule has 0 amide bonds. The molecule has 0 aliphatic carbocycles. The van der Waals surface area contributed by atoms with Gasteiger partial charge < -0.3 is 28.2 Å². The van der Waals surface area contributed by atoms with Crippen molar-refractivity contribution in [2.75, 3.05) is 0 Å². The Kier molecular flexibility index (Phi) is 6.83. The largest absolute Gasteiger partial charge is 1.00 e. The van der Waals surface area contributed by atoms with E-state index in [4.69, 9.17) is 5.11 Å². The second-order valence-electron chi connectivity index (χ2n) is 1.67. The van der Waals surface area contributed by atoms with Crippen molar-refractivity contribution in [2.45, 2.75) is 0 Å². The van der Waals surface area contributed by atoms with Crippen LogP contribution in [0.5, 0.6) is 0 Å². The van der Waals surface area contributed by atoms with E-state index in [0.29, 0.717) is 5.56 Å². The molecule has 5 N–H and O–H groups in total. The van der Waals surface area contributed by atoms with Gasteiger partial charge in [0.25, 0.3) is 0 Å². The Morgan fingerprint density at radius 2 is 1.64 bits per heavy atom. The predicted octanol–water partition coefficient (Wildman–Crippen LogP) is -1.23. The number of hydrogen-bond acceptors (Lipinski definition) is 1. The van der Waals surface area contributed by atoms with Crippen molar-refractivity contribution in [3.8, 4) is 0 Å². The highest BCUT2D eigenvalue weighted by molar-refractivity contribution is 5.87. The van der Waals surface area contributed by atoms with E-state index in [0.717, 1.165) is 0 Å². The molecular weight excluding hydrogens is 210 g/mol. The minimum atomic E-state index is -0.879. The van der Waals surface area contributed by atoms with E-state index in [1.807, 2.05) is 0 Å².